The van der Waals surface area contributed by atoms with Crippen molar-refractivity contribution in [3.8, 4) is 0 Å². The van der Waals surface area contributed by atoms with E-state index in [9.17, 15) is 0 Å². The molecule has 0 aliphatic rings. The number of rotatable bonds is 9. The van der Waals surface area contributed by atoms with Crippen LogP contribution in [0.2, 0.25) is 0 Å². The van der Waals surface area contributed by atoms with Gasteiger partial charge in [-0.25, -0.2) is 0 Å². The Kier molecular flexibility index (Phi) is 11.1. The molecule has 0 aromatic heterocycles. The predicted molar refractivity (Wildman–Crippen MR) is 59.5 cm³/mol. The molecule has 0 saturated carbocycles. The van der Waals surface area contributed by atoms with Crippen molar-refractivity contribution in [2.24, 2.45) is 0 Å². The number of allylic oxidation sites excluding steroid dienone is 1. The summed E-state index contributed by atoms with van der Waals surface area (Å²) in [7, 11) is 0. The van der Waals surface area contributed by atoms with E-state index in [2.05, 4.69) is 6.92 Å². The minimum Gasteiger partial charge on any atom is -0.309 e. The van der Waals surface area contributed by atoms with E-state index in [1.54, 1.807) is 0 Å². The third-order valence-corrected chi connectivity index (χ3v) is 2.34. The van der Waals surface area contributed by atoms with Crippen molar-refractivity contribution in [2.75, 3.05) is 0 Å². The zero-order valence-corrected chi connectivity index (χ0v) is 9.02. The number of nitrogens with one attached hydrogen (secondary N) is 1. The van der Waals surface area contributed by atoms with Crippen molar-refractivity contribution >= 4 is 0 Å². The average Bonchev–Trinajstić information content (AvgIpc) is 2.16. The van der Waals surface area contributed by atoms with Gasteiger partial charge in [-0.1, -0.05) is 57.9 Å². The molecule has 0 aliphatic heterocycles. The van der Waals surface area contributed by atoms with Crippen LogP contribution in [0.4, 0.5) is 0 Å². The smallest absolute Gasteiger partial charge is 0.0137 e. The van der Waals surface area contributed by atoms with Crippen LogP contribution >= 0.6 is 0 Å². The quantitative estimate of drug-likeness (QED) is 0.474. The Morgan fingerprint density at radius 1 is 0.846 bits per heavy atom. The monoisotopic (exact) mass is 182 g/mol. The van der Waals surface area contributed by atoms with E-state index in [4.69, 9.17) is 5.73 Å². The molecule has 0 spiro atoms. The summed E-state index contributed by atoms with van der Waals surface area (Å²) in [6, 6.07) is 0. The van der Waals surface area contributed by atoms with Crippen LogP contribution in [0.25, 0.3) is 0 Å². The van der Waals surface area contributed by atoms with Gasteiger partial charge in [0.2, 0.25) is 0 Å². The van der Waals surface area contributed by atoms with Crippen LogP contribution < -0.4 is 5.73 Å². The summed E-state index contributed by atoms with van der Waals surface area (Å²) in [5.74, 6) is 0. The van der Waals surface area contributed by atoms with Gasteiger partial charge in [-0.05, 0) is 12.8 Å². The van der Waals surface area contributed by atoms with Gasteiger partial charge in [0, 0.05) is 6.20 Å². The second-order valence-electron chi connectivity index (χ2n) is 3.67. The van der Waals surface area contributed by atoms with E-state index in [1.165, 1.54) is 57.6 Å². The SMILES string of the molecule is CCCCCCCCCCC=C[NH]. The molecule has 0 amide bonds. The van der Waals surface area contributed by atoms with E-state index >= 15 is 0 Å². The highest BCUT2D eigenvalue weighted by Gasteiger charge is 1.89. The fourth-order valence-electron chi connectivity index (χ4n) is 1.48. The van der Waals surface area contributed by atoms with Crippen molar-refractivity contribution in [3.63, 3.8) is 0 Å². The first-order valence-electron chi connectivity index (χ1n) is 5.74. The Hall–Kier alpha value is -0.460. The first kappa shape index (κ1) is 12.5. The maximum atomic E-state index is 6.81. The highest BCUT2D eigenvalue weighted by atomic mass is 14.5. The molecule has 0 atom stereocenters. The Morgan fingerprint density at radius 2 is 1.38 bits per heavy atom. The highest BCUT2D eigenvalue weighted by Crippen LogP contribution is 2.09. The number of unbranched alkanes of at least 4 members (excludes halogenated alkanes) is 8. The van der Waals surface area contributed by atoms with Crippen molar-refractivity contribution in [2.45, 2.75) is 64.7 Å². The largest absolute Gasteiger partial charge is 0.309 e. The van der Waals surface area contributed by atoms with E-state index in [-0.39, 0.29) is 0 Å². The van der Waals surface area contributed by atoms with Gasteiger partial charge in [-0.15, -0.1) is 0 Å². The molecule has 0 aromatic rings. The van der Waals surface area contributed by atoms with Crippen molar-refractivity contribution in [1.82, 2.24) is 5.73 Å². The van der Waals surface area contributed by atoms with Gasteiger partial charge in [0.1, 0.15) is 0 Å². The lowest BCUT2D eigenvalue weighted by Crippen LogP contribution is -1.79. The van der Waals surface area contributed by atoms with Gasteiger partial charge in [-0.2, -0.15) is 0 Å². The maximum Gasteiger partial charge on any atom is 0.0137 e. The van der Waals surface area contributed by atoms with Crippen molar-refractivity contribution < 1.29 is 0 Å². The van der Waals surface area contributed by atoms with Crippen molar-refractivity contribution in [1.29, 1.82) is 0 Å². The van der Waals surface area contributed by atoms with Crippen LogP contribution in [-0.4, -0.2) is 0 Å². The minimum absolute atomic E-state index is 1.10. The zero-order chi connectivity index (χ0) is 9.78. The third kappa shape index (κ3) is 11.5. The molecular weight excluding hydrogens is 158 g/mol. The molecule has 77 valence electrons. The van der Waals surface area contributed by atoms with E-state index in [1.807, 2.05) is 6.08 Å². The van der Waals surface area contributed by atoms with Gasteiger partial charge in [0.15, 0.2) is 0 Å². The summed E-state index contributed by atoms with van der Waals surface area (Å²) in [4.78, 5) is 0. The second-order valence-corrected chi connectivity index (χ2v) is 3.67. The molecule has 0 rings (SSSR count). The van der Waals surface area contributed by atoms with Crippen LogP contribution in [0.5, 0.6) is 0 Å². The van der Waals surface area contributed by atoms with Crippen LogP contribution in [0.1, 0.15) is 64.7 Å². The van der Waals surface area contributed by atoms with Gasteiger partial charge in [0.05, 0.1) is 0 Å². The Labute approximate surface area is 83.4 Å². The summed E-state index contributed by atoms with van der Waals surface area (Å²) < 4.78 is 0. The van der Waals surface area contributed by atoms with Gasteiger partial charge >= 0.3 is 0 Å². The average molecular weight is 182 g/mol. The molecule has 1 N–H and O–H groups in total. The van der Waals surface area contributed by atoms with Gasteiger partial charge in [0.25, 0.3) is 0 Å². The highest BCUT2D eigenvalue weighted by molar-refractivity contribution is 4.74. The lowest BCUT2D eigenvalue weighted by atomic mass is 10.1. The molecule has 1 heteroatoms. The summed E-state index contributed by atoms with van der Waals surface area (Å²) in [6.07, 6.45) is 15.4. The molecule has 0 saturated heterocycles. The molecule has 0 unspecified atom stereocenters. The third-order valence-electron chi connectivity index (χ3n) is 2.34. The first-order valence-corrected chi connectivity index (χ1v) is 5.74. The summed E-state index contributed by atoms with van der Waals surface area (Å²) in [5.41, 5.74) is 6.81. The minimum atomic E-state index is 1.10. The van der Waals surface area contributed by atoms with Gasteiger partial charge in [-0.3, -0.25) is 0 Å². The molecule has 0 aliphatic carbocycles. The predicted octanol–water partition coefficient (Wildman–Crippen LogP) is 4.31. The van der Waals surface area contributed by atoms with Crippen LogP contribution in [0.15, 0.2) is 12.3 Å². The summed E-state index contributed by atoms with van der Waals surface area (Å²) in [6.45, 7) is 2.26. The maximum absolute atomic E-state index is 6.81. The van der Waals surface area contributed by atoms with E-state index in [0.717, 1.165) is 6.42 Å². The fraction of sp³-hybridized carbons (Fsp3) is 0.833. The molecule has 0 aromatic carbocycles. The molecule has 0 fully saturated rings. The Balaban J connectivity index is 2.83. The van der Waals surface area contributed by atoms with E-state index < -0.39 is 0 Å². The Morgan fingerprint density at radius 3 is 1.92 bits per heavy atom. The normalized spacial score (nSPS) is 11.2. The van der Waals surface area contributed by atoms with Crippen LogP contribution in [0, 0.1) is 0 Å². The summed E-state index contributed by atoms with van der Waals surface area (Å²) >= 11 is 0. The van der Waals surface area contributed by atoms with Gasteiger partial charge < -0.3 is 5.73 Å². The van der Waals surface area contributed by atoms with Crippen molar-refractivity contribution in [3.05, 3.63) is 12.3 Å². The second kappa shape index (κ2) is 11.5. The summed E-state index contributed by atoms with van der Waals surface area (Å²) in [5, 5.41) is 0. The molecule has 13 heavy (non-hydrogen) atoms. The first-order chi connectivity index (χ1) is 6.41. The standard InChI is InChI=1S/C12H24N/c1-2-3-4-5-6-7-8-9-10-11-12-13/h11-13H,2-10H2,1H3. The fourth-order valence-corrected chi connectivity index (χ4v) is 1.48. The number of hydrogen-bond acceptors (Lipinski definition) is 0. The molecule has 1 nitrogen and oxygen atoms in total. The molecule has 0 bridgehead atoms. The van der Waals surface area contributed by atoms with E-state index in [0.29, 0.717) is 0 Å². The molecular formula is C12H24N. The Bertz CT molecular complexity index is 108. The topological polar surface area (TPSA) is 23.8 Å². The number of hydrogen-bond donors (Lipinski definition) is 0. The zero-order valence-electron chi connectivity index (χ0n) is 9.02. The van der Waals surface area contributed by atoms with Crippen LogP contribution in [-0.2, 0) is 0 Å². The lowest BCUT2D eigenvalue weighted by Gasteiger charge is -1.99. The molecule has 0 heterocycles. The molecule has 1 radical (unpaired) electrons. The lowest BCUT2D eigenvalue weighted by molar-refractivity contribution is 0.577. The van der Waals surface area contributed by atoms with Crippen LogP contribution in [0.3, 0.4) is 0 Å².